The van der Waals surface area contributed by atoms with Crippen LogP contribution in [0.2, 0.25) is 0 Å². The summed E-state index contributed by atoms with van der Waals surface area (Å²) in [6.07, 6.45) is 2.87. The maximum absolute atomic E-state index is 10.8. The van der Waals surface area contributed by atoms with Crippen molar-refractivity contribution < 1.29 is 20.9 Å². The summed E-state index contributed by atoms with van der Waals surface area (Å²) >= 11 is 0. The lowest BCUT2D eigenvalue weighted by atomic mass is 10.0. The number of piperidine rings is 1. The quantitative estimate of drug-likeness (QED) is 0.621. The third-order valence-corrected chi connectivity index (χ3v) is 3.23. The third kappa shape index (κ3) is 8.33. The molecule has 25 heavy (non-hydrogen) atoms. The predicted molar refractivity (Wildman–Crippen MR) is 101 cm³/mol. The van der Waals surface area contributed by atoms with E-state index in [-0.39, 0.29) is 30.8 Å². The molecule has 1 aromatic rings. The predicted octanol–water partition coefficient (Wildman–Crippen LogP) is 3.63. The van der Waals surface area contributed by atoms with E-state index in [1.54, 1.807) is 18.2 Å². The second-order valence-electron chi connectivity index (χ2n) is 5.63. The second kappa shape index (κ2) is 12.1. The van der Waals surface area contributed by atoms with E-state index in [1.165, 1.54) is 6.42 Å². The highest BCUT2D eigenvalue weighted by atomic mass is 16.3. The molecule has 6 heteroatoms. The fourth-order valence-electron chi connectivity index (χ4n) is 2.00. The summed E-state index contributed by atoms with van der Waals surface area (Å²) in [7, 11) is 0. The number of hydrogen-bond donors (Lipinski definition) is 3. The van der Waals surface area contributed by atoms with Crippen LogP contribution in [0.15, 0.2) is 18.2 Å². The van der Waals surface area contributed by atoms with Crippen LogP contribution in [0.3, 0.4) is 0 Å². The number of hydrogen-bond acceptors (Lipinski definition) is 4. The van der Waals surface area contributed by atoms with E-state index in [0.29, 0.717) is 19.3 Å². The maximum atomic E-state index is 10.8. The molecular formula is C19H32N2O4. The first-order valence-corrected chi connectivity index (χ1v) is 8.82. The van der Waals surface area contributed by atoms with Gasteiger partial charge in [-0.15, -0.1) is 0 Å². The zero-order valence-electron chi connectivity index (χ0n) is 15.8. The summed E-state index contributed by atoms with van der Waals surface area (Å²) in [4.78, 5) is 32.0. The Kier molecular flexibility index (Phi) is 10.9. The van der Waals surface area contributed by atoms with E-state index < -0.39 is 0 Å². The smallest absolute Gasteiger partial charge is 0.229 e. The molecule has 0 aromatic heterocycles. The topological polar surface area (TPSA) is 95.5 Å². The summed E-state index contributed by atoms with van der Waals surface area (Å²) in [6, 6.07) is 4.89. The molecule has 142 valence electrons. The van der Waals surface area contributed by atoms with Crippen molar-refractivity contribution in [2.45, 2.75) is 60.3 Å². The number of carbonyl (C=O) groups excluding carboxylic acids is 3. The summed E-state index contributed by atoms with van der Waals surface area (Å²) in [5.41, 5.74) is 1.68. The normalized spacial score (nSPS) is 17.3. The lowest BCUT2D eigenvalue weighted by molar-refractivity contribution is -0.135. The zero-order valence-corrected chi connectivity index (χ0v) is 15.8. The minimum Gasteiger partial charge on any atom is -0.508 e. The van der Waals surface area contributed by atoms with E-state index in [0.717, 1.165) is 11.3 Å². The fourth-order valence-corrected chi connectivity index (χ4v) is 2.00. The number of nitrogens with one attached hydrogen (secondary N) is 2. The van der Waals surface area contributed by atoms with Crippen LogP contribution in [-0.4, -0.2) is 22.8 Å². The molecule has 3 rings (SSSR count). The van der Waals surface area contributed by atoms with Crippen LogP contribution in [0.1, 0.15) is 60.9 Å². The number of phenolic OH excluding ortho intramolecular Hbond substituents is 1. The van der Waals surface area contributed by atoms with Gasteiger partial charge in [-0.1, -0.05) is 47.1 Å². The molecule has 3 amide bonds. The molecule has 1 saturated heterocycles. The van der Waals surface area contributed by atoms with Crippen LogP contribution in [0, 0.1) is 5.92 Å². The van der Waals surface area contributed by atoms with Crippen molar-refractivity contribution >= 4 is 23.4 Å². The molecule has 2 heterocycles. The molecular weight excluding hydrogens is 320 g/mol. The van der Waals surface area contributed by atoms with Gasteiger partial charge in [0.05, 0.1) is 6.42 Å². The molecule has 1 unspecified atom stereocenters. The molecule has 0 radical (unpaired) electrons. The van der Waals surface area contributed by atoms with Gasteiger partial charge in [0.2, 0.25) is 17.7 Å². The number of benzene rings is 1. The van der Waals surface area contributed by atoms with Crippen molar-refractivity contribution in [1.82, 2.24) is 5.32 Å². The molecule has 3 N–H and O–H groups in total. The minimum absolute atomic E-state index is 0. The van der Waals surface area contributed by atoms with Gasteiger partial charge in [0.25, 0.3) is 0 Å². The van der Waals surface area contributed by atoms with Crippen molar-refractivity contribution in [3.63, 3.8) is 0 Å². The van der Waals surface area contributed by atoms with Crippen LogP contribution in [0.25, 0.3) is 0 Å². The lowest BCUT2D eigenvalue weighted by Crippen LogP contribution is -2.39. The van der Waals surface area contributed by atoms with Crippen molar-refractivity contribution in [3.05, 3.63) is 23.8 Å². The number of carbonyl (C=O) groups is 3. The Hall–Kier alpha value is -2.37. The van der Waals surface area contributed by atoms with Crippen LogP contribution < -0.4 is 10.6 Å². The Morgan fingerprint density at radius 1 is 1.12 bits per heavy atom. The Balaban J connectivity index is 0. The zero-order chi connectivity index (χ0) is 19.4. The van der Waals surface area contributed by atoms with E-state index in [1.807, 2.05) is 20.8 Å². The summed E-state index contributed by atoms with van der Waals surface area (Å²) in [6.45, 7) is 10.1. The number of rotatable bonds is 0. The number of amides is 3. The first-order valence-electron chi connectivity index (χ1n) is 8.82. The van der Waals surface area contributed by atoms with Crippen molar-refractivity contribution in [2.24, 2.45) is 5.92 Å². The highest BCUT2D eigenvalue weighted by Crippen LogP contribution is 2.26. The van der Waals surface area contributed by atoms with Gasteiger partial charge in [0, 0.05) is 25.5 Å². The largest absolute Gasteiger partial charge is 0.508 e. The summed E-state index contributed by atoms with van der Waals surface area (Å²) < 4.78 is 0. The lowest BCUT2D eigenvalue weighted by Gasteiger charge is -2.15. The average molecular weight is 352 g/mol. The molecule has 0 saturated carbocycles. The van der Waals surface area contributed by atoms with Gasteiger partial charge in [-0.25, -0.2) is 0 Å². The fraction of sp³-hybridized carbons (Fsp3) is 0.526. The summed E-state index contributed by atoms with van der Waals surface area (Å²) in [5, 5.41) is 13.9. The molecule has 0 aliphatic carbocycles. The Bertz CT molecular complexity index is 591. The maximum Gasteiger partial charge on any atom is 0.229 e. The van der Waals surface area contributed by atoms with Gasteiger partial charge in [-0.2, -0.15) is 0 Å². The first-order chi connectivity index (χ1) is 11.9. The van der Waals surface area contributed by atoms with E-state index in [4.69, 9.17) is 5.11 Å². The van der Waals surface area contributed by atoms with Crippen LogP contribution >= 0.6 is 0 Å². The SMILES string of the molecule is CC.CC1CCC(=O)NC1=O.CCC.O=C1Cc2ccc(O)cc2N1.[HH]. The number of fused-ring (bicyclic) bond motifs is 1. The van der Waals surface area contributed by atoms with Gasteiger partial charge in [0.15, 0.2) is 0 Å². The van der Waals surface area contributed by atoms with Crippen LogP contribution in [-0.2, 0) is 20.8 Å². The highest BCUT2D eigenvalue weighted by Gasteiger charge is 2.21. The van der Waals surface area contributed by atoms with Gasteiger partial charge < -0.3 is 10.4 Å². The van der Waals surface area contributed by atoms with Gasteiger partial charge in [-0.05, 0) is 18.1 Å². The molecule has 0 bridgehead atoms. The minimum atomic E-state index is -0.141. The third-order valence-electron chi connectivity index (χ3n) is 3.23. The Morgan fingerprint density at radius 2 is 1.72 bits per heavy atom. The molecule has 2 aliphatic rings. The number of imide groups is 1. The van der Waals surface area contributed by atoms with Gasteiger partial charge >= 0.3 is 0 Å². The van der Waals surface area contributed by atoms with Crippen molar-refractivity contribution in [2.75, 3.05) is 5.32 Å². The second-order valence-corrected chi connectivity index (χ2v) is 5.63. The number of anilines is 1. The molecule has 6 nitrogen and oxygen atoms in total. The number of phenols is 1. The van der Waals surface area contributed by atoms with Gasteiger partial charge in [-0.3, -0.25) is 19.7 Å². The molecule has 1 fully saturated rings. The molecule has 0 spiro atoms. The van der Waals surface area contributed by atoms with Gasteiger partial charge in [0.1, 0.15) is 5.75 Å². The summed E-state index contributed by atoms with van der Waals surface area (Å²) in [5.74, 6) is -0.0800. The van der Waals surface area contributed by atoms with E-state index in [9.17, 15) is 14.4 Å². The van der Waals surface area contributed by atoms with E-state index >= 15 is 0 Å². The monoisotopic (exact) mass is 352 g/mol. The average Bonchev–Trinajstić information content (AvgIpc) is 2.94. The molecule has 2 aliphatic heterocycles. The van der Waals surface area contributed by atoms with Crippen LogP contribution in [0.4, 0.5) is 5.69 Å². The number of aromatic hydroxyl groups is 1. The Morgan fingerprint density at radius 3 is 2.24 bits per heavy atom. The highest BCUT2D eigenvalue weighted by molar-refractivity contribution is 5.99. The van der Waals surface area contributed by atoms with Crippen LogP contribution in [0.5, 0.6) is 5.75 Å². The standard InChI is InChI=1S/C8H7NO2.C6H9NO2.C3H8.C2H6.H2/c10-6-2-1-5-3-8(11)9-7(5)4-6;1-4-2-3-5(8)7-6(4)9;1-3-2;1-2;/h1-2,4,10H,3H2,(H,9,11);4H,2-3H2,1H3,(H,7,8,9);3H2,1-2H3;1-2H3;1H. The molecule has 1 atom stereocenters. The van der Waals surface area contributed by atoms with Crippen molar-refractivity contribution in [3.8, 4) is 5.75 Å². The Labute approximate surface area is 151 Å². The van der Waals surface area contributed by atoms with Crippen molar-refractivity contribution in [1.29, 1.82) is 0 Å². The molecule has 1 aromatic carbocycles. The first kappa shape index (κ1) is 22.6. The van der Waals surface area contributed by atoms with E-state index in [2.05, 4.69) is 24.5 Å².